The molecule has 2 aromatic carbocycles. The first-order valence-corrected chi connectivity index (χ1v) is 10.6. The van der Waals surface area contributed by atoms with Crippen LogP contribution < -0.4 is 0 Å². The van der Waals surface area contributed by atoms with Gasteiger partial charge in [-0.3, -0.25) is 0 Å². The molecule has 102 valence electrons. The van der Waals surface area contributed by atoms with Crippen molar-refractivity contribution in [2.24, 2.45) is 0 Å². The van der Waals surface area contributed by atoms with Crippen LogP contribution in [0, 0.1) is 13.8 Å². The fourth-order valence-electron chi connectivity index (χ4n) is 2.85. The average Bonchev–Trinajstić information content (AvgIpc) is 3.05. The summed E-state index contributed by atoms with van der Waals surface area (Å²) in [6.45, 7) is 4.17. The summed E-state index contributed by atoms with van der Waals surface area (Å²) in [4.78, 5) is 9.30. The number of fused-ring (bicyclic) bond motifs is 5. The Morgan fingerprint density at radius 3 is 1.71 bits per heavy atom. The van der Waals surface area contributed by atoms with Gasteiger partial charge in [0.05, 0.1) is 0 Å². The van der Waals surface area contributed by atoms with Crippen molar-refractivity contribution in [3.8, 4) is 0 Å². The van der Waals surface area contributed by atoms with Gasteiger partial charge in [-0.2, -0.15) is 0 Å². The SMILES string of the molecule is Cc1nc2cc3c(cc2s1)[te]c1cc2sc(C)nc2cc13. The molecule has 3 aromatic heterocycles. The van der Waals surface area contributed by atoms with E-state index in [1.165, 1.54) is 20.2 Å². The quantitative estimate of drug-likeness (QED) is 0.333. The predicted molar refractivity (Wildman–Crippen MR) is 94.2 cm³/mol. The zero-order chi connectivity index (χ0) is 14.1. The van der Waals surface area contributed by atoms with E-state index in [1.54, 1.807) is 29.5 Å². The molecule has 2 nitrogen and oxygen atoms in total. The van der Waals surface area contributed by atoms with Crippen LogP contribution in [0.1, 0.15) is 10.0 Å². The van der Waals surface area contributed by atoms with Crippen LogP contribution in [-0.4, -0.2) is 30.4 Å². The number of hydrogen-bond donors (Lipinski definition) is 0. The molecule has 0 aliphatic rings. The van der Waals surface area contributed by atoms with E-state index in [-0.39, 0.29) is 20.4 Å². The first-order valence-electron chi connectivity index (χ1n) is 6.68. The van der Waals surface area contributed by atoms with E-state index in [0.29, 0.717) is 0 Å². The summed E-state index contributed by atoms with van der Waals surface area (Å²) in [5, 5.41) is 5.11. The molecule has 0 saturated heterocycles. The monoisotopic (exact) mass is 424 g/mol. The van der Waals surface area contributed by atoms with E-state index in [2.05, 4.69) is 48.1 Å². The predicted octanol–water partition coefficient (Wildman–Crippen LogP) is 4.89. The molecule has 0 aliphatic heterocycles. The molecule has 3 heterocycles. The molecule has 0 aliphatic carbocycles. The molecule has 0 unspecified atom stereocenters. The Balaban J connectivity index is 1.97. The van der Waals surface area contributed by atoms with Gasteiger partial charge in [-0.05, 0) is 0 Å². The van der Waals surface area contributed by atoms with Crippen LogP contribution in [0.5, 0.6) is 0 Å². The van der Waals surface area contributed by atoms with Gasteiger partial charge < -0.3 is 0 Å². The summed E-state index contributed by atoms with van der Waals surface area (Å²) in [7, 11) is 0. The molecule has 5 heteroatoms. The van der Waals surface area contributed by atoms with E-state index in [0.717, 1.165) is 21.0 Å². The molecule has 0 atom stereocenters. The number of benzene rings is 2. The number of thiazole rings is 2. The Morgan fingerprint density at radius 1 is 0.762 bits per heavy atom. The second-order valence-corrected chi connectivity index (χ2v) is 10.8. The third kappa shape index (κ3) is 1.82. The molecule has 0 saturated carbocycles. The molecular weight excluding hydrogens is 412 g/mol. The first-order chi connectivity index (χ1) is 10.2. The van der Waals surface area contributed by atoms with Crippen molar-refractivity contribution in [2.75, 3.05) is 0 Å². The second-order valence-electron chi connectivity index (χ2n) is 5.20. The molecule has 0 radical (unpaired) electrons. The fraction of sp³-hybridized carbons (Fsp3) is 0.125. The van der Waals surface area contributed by atoms with Crippen molar-refractivity contribution in [3.63, 3.8) is 0 Å². The van der Waals surface area contributed by atoms with Crippen molar-refractivity contribution in [3.05, 3.63) is 34.3 Å². The van der Waals surface area contributed by atoms with Crippen molar-refractivity contribution < 1.29 is 0 Å². The minimum atomic E-state index is -0.271. The molecule has 0 spiro atoms. The first kappa shape index (κ1) is 12.5. The van der Waals surface area contributed by atoms with Crippen LogP contribution >= 0.6 is 22.7 Å². The maximum absolute atomic E-state index is 4.65. The van der Waals surface area contributed by atoms with Crippen LogP contribution in [0.4, 0.5) is 0 Å². The van der Waals surface area contributed by atoms with Crippen molar-refractivity contribution in [1.82, 2.24) is 9.97 Å². The molecule has 5 aromatic rings. The number of aryl methyl sites for hydroxylation is 2. The summed E-state index contributed by atoms with van der Waals surface area (Å²) in [5.74, 6) is 0. The minimum absolute atomic E-state index is 0.271. The summed E-state index contributed by atoms with van der Waals surface area (Å²) in [6, 6.07) is 9.33. The van der Waals surface area contributed by atoms with Gasteiger partial charge in [0, 0.05) is 0 Å². The number of nitrogens with zero attached hydrogens (tertiary/aromatic N) is 2. The molecule has 0 fully saturated rings. The van der Waals surface area contributed by atoms with Crippen molar-refractivity contribution in [2.45, 2.75) is 13.8 Å². The maximum atomic E-state index is 4.65. The summed E-state index contributed by atoms with van der Waals surface area (Å²) in [5.41, 5.74) is 2.29. The van der Waals surface area contributed by atoms with Crippen LogP contribution in [0.15, 0.2) is 24.3 Å². The fourth-order valence-corrected chi connectivity index (χ4v) is 8.29. The summed E-state index contributed by atoms with van der Waals surface area (Å²) in [6.07, 6.45) is 0. The van der Waals surface area contributed by atoms with E-state index in [1.807, 2.05) is 0 Å². The Kier molecular flexibility index (Phi) is 2.55. The van der Waals surface area contributed by atoms with Gasteiger partial charge >= 0.3 is 139 Å². The zero-order valence-electron chi connectivity index (χ0n) is 11.4. The Morgan fingerprint density at radius 2 is 1.24 bits per heavy atom. The van der Waals surface area contributed by atoms with Crippen LogP contribution in [0.25, 0.3) is 38.0 Å². The van der Waals surface area contributed by atoms with E-state index >= 15 is 0 Å². The molecular formula is C16H10N2S2Te. The summed E-state index contributed by atoms with van der Waals surface area (Å²) < 4.78 is 5.78. The normalized spacial score (nSPS) is 12.3. The van der Waals surface area contributed by atoms with E-state index in [4.69, 9.17) is 0 Å². The van der Waals surface area contributed by atoms with Crippen LogP contribution in [-0.2, 0) is 0 Å². The average molecular weight is 422 g/mol. The second kappa shape index (κ2) is 4.27. The Labute approximate surface area is 138 Å². The van der Waals surface area contributed by atoms with Crippen LogP contribution in [0.3, 0.4) is 0 Å². The molecule has 21 heavy (non-hydrogen) atoms. The van der Waals surface area contributed by atoms with Crippen molar-refractivity contribution in [1.29, 1.82) is 0 Å². The van der Waals surface area contributed by atoms with E-state index in [9.17, 15) is 0 Å². The van der Waals surface area contributed by atoms with Gasteiger partial charge in [0.15, 0.2) is 0 Å². The van der Waals surface area contributed by atoms with Gasteiger partial charge in [0.2, 0.25) is 0 Å². The molecule has 0 bridgehead atoms. The molecule has 0 amide bonds. The standard InChI is InChI=1S/C16H10N2S2Te/c1-7-17-11-3-9-10-4-12-14(20-8(2)18-12)6-16(10)21-15(9)5-13(11)19-7/h3-6H,1-2H3. The van der Waals surface area contributed by atoms with Gasteiger partial charge in [0.1, 0.15) is 0 Å². The third-order valence-electron chi connectivity index (χ3n) is 3.70. The van der Waals surface area contributed by atoms with Crippen LogP contribution in [0.2, 0.25) is 0 Å². The Bertz CT molecular complexity index is 1070. The zero-order valence-corrected chi connectivity index (χ0v) is 15.4. The topological polar surface area (TPSA) is 25.8 Å². The Hall–Kier alpha value is -0.990. The number of rotatable bonds is 0. The van der Waals surface area contributed by atoms with Gasteiger partial charge in [-0.25, -0.2) is 0 Å². The van der Waals surface area contributed by atoms with E-state index < -0.39 is 0 Å². The molecule has 5 rings (SSSR count). The van der Waals surface area contributed by atoms with Crippen molar-refractivity contribution >= 4 is 81.1 Å². The van der Waals surface area contributed by atoms with Gasteiger partial charge in [-0.15, -0.1) is 0 Å². The number of aromatic nitrogens is 2. The number of hydrogen-bond acceptors (Lipinski definition) is 4. The van der Waals surface area contributed by atoms with Gasteiger partial charge in [-0.1, -0.05) is 0 Å². The molecule has 0 N–H and O–H groups in total. The third-order valence-corrected chi connectivity index (χ3v) is 8.75. The van der Waals surface area contributed by atoms with Gasteiger partial charge in [0.25, 0.3) is 0 Å². The summed E-state index contributed by atoms with van der Waals surface area (Å²) >= 11 is 3.33.